The van der Waals surface area contributed by atoms with Gasteiger partial charge in [-0.3, -0.25) is 0 Å². The van der Waals surface area contributed by atoms with Crippen molar-refractivity contribution < 1.29 is 9.90 Å². The molecule has 0 aliphatic carbocycles. The van der Waals surface area contributed by atoms with Crippen LogP contribution < -0.4 is 5.11 Å². The molecule has 0 aromatic heterocycles. The molecule has 2 rings (SSSR count). The predicted molar refractivity (Wildman–Crippen MR) is 55.8 cm³/mol. The van der Waals surface area contributed by atoms with E-state index in [2.05, 4.69) is 5.92 Å². The lowest BCUT2D eigenvalue weighted by Crippen LogP contribution is -2.19. The van der Waals surface area contributed by atoms with Crippen molar-refractivity contribution in [1.82, 2.24) is 0 Å². The number of carboxylic acid groups (broad SMARTS) is 1. The van der Waals surface area contributed by atoms with Crippen molar-refractivity contribution in [3.8, 4) is 11.8 Å². The fourth-order valence-corrected chi connectivity index (χ4v) is 1.39. The van der Waals surface area contributed by atoms with Crippen LogP contribution in [0.5, 0.6) is 0 Å². The third kappa shape index (κ3) is 2.15. The Morgan fingerprint density at radius 3 is 2.53 bits per heavy atom. The maximum atomic E-state index is 10.2. The normalized spacial score (nSPS) is 9.33. The van der Waals surface area contributed by atoms with Crippen LogP contribution in [-0.4, -0.2) is 5.97 Å². The first-order valence-electron chi connectivity index (χ1n) is 4.47. The van der Waals surface area contributed by atoms with Gasteiger partial charge >= 0.3 is 0 Å². The molecule has 0 saturated carbocycles. The Balaban J connectivity index is 2.49. The van der Waals surface area contributed by atoms with Gasteiger partial charge < -0.3 is 9.90 Å². The highest BCUT2D eigenvalue weighted by Gasteiger charge is 1.92. The molecule has 15 heavy (non-hydrogen) atoms. The van der Waals surface area contributed by atoms with Gasteiger partial charge in [-0.2, -0.15) is 0 Å². The molecule has 2 heteroatoms. The SMILES string of the molecule is O=C([O-])C#Cc1ccc2ccccc2c1. The van der Waals surface area contributed by atoms with Crippen molar-refractivity contribution >= 4 is 16.7 Å². The number of aliphatic carboxylic acids is 1. The topological polar surface area (TPSA) is 40.1 Å². The number of fused-ring (bicyclic) bond motifs is 1. The van der Waals surface area contributed by atoms with Crippen LogP contribution in [0.1, 0.15) is 5.56 Å². The maximum absolute atomic E-state index is 10.2. The lowest BCUT2D eigenvalue weighted by molar-refractivity contribution is -0.295. The summed E-state index contributed by atoms with van der Waals surface area (Å²) in [4.78, 5) is 10.2. The van der Waals surface area contributed by atoms with E-state index in [1.807, 2.05) is 42.3 Å². The Hall–Kier alpha value is -2.27. The second-order valence-electron chi connectivity index (χ2n) is 3.10. The second-order valence-corrected chi connectivity index (χ2v) is 3.10. The van der Waals surface area contributed by atoms with Crippen molar-refractivity contribution in [2.75, 3.05) is 0 Å². The second kappa shape index (κ2) is 3.85. The van der Waals surface area contributed by atoms with Gasteiger partial charge in [0.25, 0.3) is 0 Å². The Morgan fingerprint density at radius 1 is 1.07 bits per heavy atom. The zero-order chi connectivity index (χ0) is 10.7. The molecule has 72 valence electrons. The summed E-state index contributed by atoms with van der Waals surface area (Å²) in [6.07, 6.45) is 0. The quantitative estimate of drug-likeness (QED) is 0.587. The van der Waals surface area contributed by atoms with E-state index in [9.17, 15) is 9.90 Å². The Labute approximate surface area is 87.2 Å². The molecule has 0 aliphatic rings. The van der Waals surface area contributed by atoms with Gasteiger partial charge in [0.15, 0.2) is 0 Å². The van der Waals surface area contributed by atoms with Crippen LogP contribution in [0, 0.1) is 11.8 Å². The predicted octanol–water partition coefficient (Wildman–Crippen LogP) is 0.941. The molecule has 2 nitrogen and oxygen atoms in total. The van der Waals surface area contributed by atoms with Crippen LogP contribution >= 0.6 is 0 Å². The summed E-state index contributed by atoms with van der Waals surface area (Å²) in [5.41, 5.74) is 0.679. The van der Waals surface area contributed by atoms with Crippen molar-refractivity contribution in [2.45, 2.75) is 0 Å². The summed E-state index contributed by atoms with van der Waals surface area (Å²) in [6.45, 7) is 0. The molecule has 0 N–H and O–H groups in total. The zero-order valence-electron chi connectivity index (χ0n) is 7.86. The van der Waals surface area contributed by atoms with Crippen molar-refractivity contribution in [1.29, 1.82) is 0 Å². The molecule has 0 fully saturated rings. The van der Waals surface area contributed by atoms with Crippen molar-refractivity contribution in [3.05, 3.63) is 48.0 Å². The van der Waals surface area contributed by atoms with Crippen molar-refractivity contribution in [3.63, 3.8) is 0 Å². The fourth-order valence-electron chi connectivity index (χ4n) is 1.39. The van der Waals surface area contributed by atoms with Crippen LogP contribution in [0.15, 0.2) is 42.5 Å². The number of carboxylic acids is 1. The lowest BCUT2D eigenvalue weighted by atomic mass is 10.1. The average Bonchev–Trinajstić information content (AvgIpc) is 2.26. The minimum absolute atomic E-state index is 0.679. The first-order valence-corrected chi connectivity index (χ1v) is 4.47. The van der Waals surface area contributed by atoms with Crippen LogP contribution in [0.25, 0.3) is 10.8 Å². The third-order valence-corrected chi connectivity index (χ3v) is 2.06. The standard InChI is InChI=1S/C13H8O2/c14-13(15)8-6-10-5-7-11-3-1-2-4-12(11)9-10/h1-5,7,9H,(H,14,15)/p-1. The van der Waals surface area contributed by atoms with E-state index in [0.29, 0.717) is 5.56 Å². The number of hydrogen-bond acceptors (Lipinski definition) is 2. The molecule has 0 heterocycles. The molecule has 2 aromatic carbocycles. The van der Waals surface area contributed by atoms with E-state index in [4.69, 9.17) is 0 Å². The van der Waals surface area contributed by atoms with Gasteiger partial charge in [-0.1, -0.05) is 36.3 Å². The van der Waals surface area contributed by atoms with Crippen molar-refractivity contribution in [2.24, 2.45) is 0 Å². The maximum Gasteiger partial charge on any atom is 0.116 e. The van der Waals surface area contributed by atoms with E-state index >= 15 is 0 Å². The molecular formula is C13H7O2-. The first-order chi connectivity index (χ1) is 7.25. The molecule has 0 aliphatic heterocycles. The third-order valence-electron chi connectivity index (χ3n) is 2.06. The highest BCUT2D eigenvalue weighted by molar-refractivity contribution is 5.87. The van der Waals surface area contributed by atoms with Crippen LogP contribution in [-0.2, 0) is 4.79 Å². The summed E-state index contributed by atoms with van der Waals surface area (Å²) in [6, 6.07) is 13.4. The Morgan fingerprint density at radius 2 is 1.80 bits per heavy atom. The van der Waals surface area contributed by atoms with E-state index in [1.165, 1.54) is 0 Å². The molecule has 0 radical (unpaired) electrons. The summed E-state index contributed by atoms with van der Waals surface area (Å²) in [7, 11) is 0. The largest absolute Gasteiger partial charge is 0.537 e. The molecule has 0 atom stereocenters. The van der Waals surface area contributed by atoms with E-state index in [-0.39, 0.29) is 0 Å². The van der Waals surface area contributed by atoms with E-state index < -0.39 is 5.97 Å². The Bertz CT molecular complexity index is 574. The monoisotopic (exact) mass is 195 g/mol. The molecule has 0 unspecified atom stereocenters. The summed E-state index contributed by atoms with van der Waals surface area (Å²) in [5.74, 6) is 3.15. The summed E-state index contributed by atoms with van der Waals surface area (Å²) < 4.78 is 0. The van der Waals surface area contributed by atoms with Crippen LogP contribution in [0.2, 0.25) is 0 Å². The van der Waals surface area contributed by atoms with Crippen LogP contribution in [0.3, 0.4) is 0 Å². The molecule has 2 aromatic rings. The van der Waals surface area contributed by atoms with E-state index in [0.717, 1.165) is 10.8 Å². The van der Waals surface area contributed by atoms with E-state index in [1.54, 1.807) is 6.07 Å². The van der Waals surface area contributed by atoms with Crippen LogP contribution in [0.4, 0.5) is 0 Å². The molecule has 0 amide bonds. The number of carbonyl (C=O) groups is 1. The van der Waals surface area contributed by atoms with Gasteiger partial charge in [0, 0.05) is 5.56 Å². The smallest absolute Gasteiger partial charge is 0.116 e. The minimum atomic E-state index is -1.36. The Kier molecular flexibility index (Phi) is 2.38. The minimum Gasteiger partial charge on any atom is -0.537 e. The zero-order valence-corrected chi connectivity index (χ0v) is 7.86. The molecule has 0 bridgehead atoms. The van der Waals surface area contributed by atoms with Gasteiger partial charge in [-0.05, 0) is 28.8 Å². The average molecular weight is 195 g/mol. The van der Waals surface area contributed by atoms with Gasteiger partial charge in [0.2, 0.25) is 0 Å². The molecular weight excluding hydrogens is 188 g/mol. The molecule has 0 spiro atoms. The summed E-state index contributed by atoms with van der Waals surface area (Å²) in [5, 5.41) is 12.3. The lowest BCUT2D eigenvalue weighted by Gasteiger charge is -1.97. The number of carbonyl (C=O) groups excluding carboxylic acids is 1. The highest BCUT2D eigenvalue weighted by atomic mass is 16.4. The fraction of sp³-hybridized carbons (Fsp3) is 0. The first kappa shape index (κ1) is 9.29. The number of rotatable bonds is 0. The van der Waals surface area contributed by atoms with Gasteiger partial charge in [-0.15, -0.1) is 0 Å². The number of hydrogen-bond donors (Lipinski definition) is 0. The highest BCUT2D eigenvalue weighted by Crippen LogP contribution is 2.14. The van der Waals surface area contributed by atoms with Gasteiger partial charge in [0.05, 0.1) is 0 Å². The number of benzene rings is 2. The van der Waals surface area contributed by atoms with Gasteiger partial charge in [-0.25, -0.2) is 0 Å². The molecule has 0 saturated heterocycles. The van der Waals surface area contributed by atoms with Gasteiger partial charge in [0.1, 0.15) is 5.97 Å². The summed E-state index contributed by atoms with van der Waals surface area (Å²) >= 11 is 0.